The first-order chi connectivity index (χ1) is 9.98. The van der Waals surface area contributed by atoms with Crippen molar-refractivity contribution in [3.63, 3.8) is 0 Å². The van der Waals surface area contributed by atoms with Crippen LogP contribution in [0, 0.1) is 0 Å². The van der Waals surface area contributed by atoms with Gasteiger partial charge >= 0.3 is 0 Å². The van der Waals surface area contributed by atoms with Gasteiger partial charge < -0.3 is 10.3 Å². The Morgan fingerprint density at radius 1 is 1.48 bits per heavy atom. The maximum absolute atomic E-state index is 11.9. The van der Waals surface area contributed by atoms with Crippen molar-refractivity contribution in [2.45, 2.75) is 31.2 Å². The Hall–Kier alpha value is -1.85. The predicted octanol–water partition coefficient (Wildman–Crippen LogP) is -1.09. The van der Waals surface area contributed by atoms with Gasteiger partial charge in [-0.05, 0) is 12.8 Å². The molecule has 0 saturated heterocycles. The topological polar surface area (TPSA) is 142 Å². The molecular weight excluding hydrogens is 298 g/mol. The summed E-state index contributed by atoms with van der Waals surface area (Å²) in [6, 6.07) is 0.0477. The molecule has 0 aliphatic heterocycles. The molecule has 3 N–H and O–H groups in total. The van der Waals surface area contributed by atoms with Crippen LogP contribution in [0.1, 0.15) is 24.4 Å². The van der Waals surface area contributed by atoms with Gasteiger partial charge in [-0.3, -0.25) is 0 Å². The van der Waals surface area contributed by atoms with Crippen LogP contribution in [0.15, 0.2) is 4.52 Å². The number of rotatable bonds is 6. The molecule has 0 aromatic carbocycles. The molecule has 0 radical (unpaired) electrons. The summed E-state index contributed by atoms with van der Waals surface area (Å²) in [6.07, 6.45) is 1.74. The van der Waals surface area contributed by atoms with Gasteiger partial charge in [0.2, 0.25) is 10.0 Å². The molecule has 1 fully saturated rings. The summed E-state index contributed by atoms with van der Waals surface area (Å²) in [5.74, 6) is -0.0853. The second-order valence-corrected chi connectivity index (χ2v) is 6.63. The van der Waals surface area contributed by atoms with Gasteiger partial charge in [0, 0.05) is 19.6 Å². The van der Waals surface area contributed by atoms with Gasteiger partial charge in [0.25, 0.3) is 5.89 Å². The smallest absolute Gasteiger partial charge is 0.278 e. The molecule has 0 atom stereocenters. The second kappa shape index (κ2) is 5.16. The Balaban J connectivity index is 1.81. The lowest BCUT2D eigenvalue weighted by Gasteiger charge is -2.01. The van der Waals surface area contributed by atoms with Crippen LogP contribution in [0.5, 0.6) is 0 Å². The fourth-order valence-electron chi connectivity index (χ4n) is 1.87. The molecule has 114 valence electrons. The van der Waals surface area contributed by atoms with Crippen LogP contribution in [0.2, 0.25) is 0 Å². The summed E-state index contributed by atoms with van der Waals surface area (Å²) < 4.78 is 32.8. The van der Waals surface area contributed by atoms with Gasteiger partial charge in [-0.2, -0.15) is 4.98 Å². The monoisotopic (exact) mass is 313 g/mol. The third kappa shape index (κ3) is 3.09. The van der Waals surface area contributed by atoms with Crippen LogP contribution in [-0.2, 0) is 29.4 Å². The van der Waals surface area contributed by atoms with Gasteiger partial charge in [0.15, 0.2) is 11.5 Å². The molecule has 0 bridgehead atoms. The van der Waals surface area contributed by atoms with E-state index in [1.165, 1.54) is 4.68 Å². The van der Waals surface area contributed by atoms with Crippen LogP contribution >= 0.6 is 0 Å². The molecule has 10 nitrogen and oxygen atoms in total. The van der Waals surface area contributed by atoms with E-state index in [2.05, 4.69) is 25.2 Å². The molecule has 3 rings (SSSR count). The molecule has 2 heterocycles. The minimum absolute atomic E-state index is 0.0477. The number of sulfonamides is 1. The van der Waals surface area contributed by atoms with Crippen LogP contribution in [0.4, 0.5) is 0 Å². The zero-order valence-electron chi connectivity index (χ0n) is 11.4. The molecule has 21 heavy (non-hydrogen) atoms. The zero-order valence-corrected chi connectivity index (χ0v) is 12.2. The summed E-state index contributed by atoms with van der Waals surface area (Å²) in [7, 11) is -1.79. The van der Waals surface area contributed by atoms with Crippen molar-refractivity contribution < 1.29 is 12.9 Å². The van der Waals surface area contributed by atoms with Crippen LogP contribution in [-0.4, -0.2) is 39.6 Å². The standard InChI is InChI=1S/C10H15N7O3S/c1-17-9(7(4-11)13-16-17)10-12-8(14-20-10)5-21(18,19)15-6-2-3-6/h6,15H,2-5,11H2,1H3. The highest BCUT2D eigenvalue weighted by atomic mass is 32.2. The first kappa shape index (κ1) is 14.1. The number of hydrogen-bond donors (Lipinski definition) is 2. The first-order valence-electron chi connectivity index (χ1n) is 6.40. The minimum Gasteiger partial charge on any atom is -0.332 e. The van der Waals surface area contributed by atoms with E-state index in [1.807, 2.05) is 0 Å². The van der Waals surface area contributed by atoms with Crippen LogP contribution in [0.25, 0.3) is 11.6 Å². The molecule has 0 spiro atoms. The maximum atomic E-state index is 11.9. The number of hydrogen-bond acceptors (Lipinski definition) is 8. The first-order valence-corrected chi connectivity index (χ1v) is 8.05. The zero-order chi connectivity index (χ0) is 15.0. The highest BCUT2D eigenvalue weighted by Crippen LogP contribution is 2.22. The lowest BCUT2D eigenvalue weighted by molar-refractivity contribution is 0.420. The summed E-state index contributed by atoms with van der Waals surface area (Å²) in [5.41, 5.74) is 6.56. The fourth-order valence-corrected chi connectivity index (χ4v) is 3.16. The Labute approximate surface area is 120 Å². The van der Waals surface area contributed by atoms with Crippen molar-refractivity contribution >= 4 is 10.0 Å². The van der Waals surface area contributed by atoms with E-state index in [9.17, 15) is 8.42 Å². The lowest BCUT2D eigenvalue weighted by atomic mass is 10.3. The van der Waals surface area contributed by atoms with Crippen molar-refractivity contribution in [2.75, 3.05) is 0 Å². The largest absolute Gasteiger partial charge is 0.332 e. The highest BCUT2D eigenvalue weighted by Gasteiger charge is 2.28. The molecule has 0 amide bonds. The summed E-state index contributed by atoms with van der Waals surface area (Å²) in [4.78, 5) is 4.08. The average Bonchev–Trinajstić information content (AvgIpc) is 2.96. The number of nitrogens with zero attached hydrogens (tertiary/aromatic N) is 5. The molecule has 11 heteroatoms. The van der Waals surface area contributed by atoms with E-state index in [-0.39, 0.29) is 30.1 Å². The SMILES string of the molecule is Cn1nnc(CN)c1-c1nc(CS(=O)(=O)NC2CC2)no1. The van der Waals surface area contributed by atoms with Crippen molar-refractivity contribution in [3.8, 4) is 11.6 Å². The Bertz CT molecular complexity index is 747. The normalized spacial score (nSPS) is 15.5. The van der Waals surface area contributed by atoms with E-state index in [1.54, 1.807) is 7.05 Å². The van der Waals surface area contributed by atoms with E-state index in [0.29, 0.717) is 11.4 Å². The van der Waals surface area contributed by atoms with Gasteiger partial charge in [0.1, 0.15) is 11.4 Å². The number of aryl methyl sites for hydroxylation is 1. The van der Waals surface area contributed by atoms with Crippen molar-refractivity contribution in [2.24, 2.45) is 12.8 Å². The molecular formula is C10H15N7O3S. The van der Waals surface area contributed by atoms with Crippen molar-refractivity contribution in [1.29, 1.82) is 0 Å². The van der Waals surface area contributed by atoms with Gasteiger partial charge in [0.05, 0.1) is 0 Å². The van der Waals surface area contributed by atoms with Crippen LogP contribution in [0.3, 0.4) is 0 Å². The fraction of sp³-hybridized carbons (Fsp3) is 0.600. The van der Waals surface area contributed by atoms with Gasteiger partial charge in [-0.15, -0.1) is 5.10 Å². The Morgan fingerprint density at radius 3 is 2.90 bits per heavy atom. The summed E-state index contributed by atoms with van der Waals surface area (Å²) in [5, 5.41) is 11.4. The second-order valence-electron chi connectivity index (χ2n) is 4.88. The third-order valence-electron chi connectivity index (χ3n) is 3.00. The quantitative estimate of drug-likeness (QED) is 0.684. The Kier molecular flexibility index (Phi) is 3.47. The van der Waals surface area contributed by atoms with Crippen LogP contribution < -0.4 is 10.5 Å². The number of aromatic nitrogens is 5. The lowest BCUT2D eigenvalue weighted by Crippen LogP contribution is -2.27. The molecule has 1 saturated carbocycles. The van der Waals surface area contributed by atoms with Gasteiger partial charge in [-0.25, -0.2) is 17.8 Å². The third-order valence-corrected chi connectivity index (χ3v) is 4.33. The average molecular weight is 313 g/mol. The van der Waals surface area contributed by atoms with E-state index < -0.39 is 10.0 Å². The molecule has 1 aliphatic carbocycles. The van der Waals surface area contributed by atoms with E-state index >= 15 is 0 Å². The van der Waals surface area contributed by atoms with Gasteiger partial charge in [-0.1, -0.05) is 10.4 Å². The van der Waals surface area contributed by atoms with E-state index in [4.69, 9.17) is 10.3 Å². The molecule has 2 aromatic heterocycles. The molecule has 1 aliphatic rings. The Morgan fingerprint density at radius 2 is 2.24 bits per heavy atom. The minimum atomic E-state index is -3.45. The van der Waals surface area contributed by atoms with E-state index in [0.717, 1.165) is 12.8 Å². The molecule has 0 unspecified atom stereocenters. The summed E-state index contributed by atoms with van der Waals surface area (Å²) >= 11 is 0. The summed E-state index contributed by atoms with van der Waals surface area (Å²) in [6.45, 7) is 0.169. The maximum Gasteiger partial charge on any atom is 0.278 e. The number of nitrogens with one attached hydrogen (secondary N) is 1. The van der Waals surface area contributed by atoms with Crippen molar-refractivity contribution in [1.82, 2.24) is 29.9 Å². The predicted molar refractivity (Wildman–Crippen MR) is 71.0 cm³/mol. The molecule has 2 aromatic rings. The van der Waals surface area contributed by atoms with Crippen molar-refractivity contribution in [3.05, 3.63) is 11.5 Å². The number of nitrogens with two attached hydrogens (primary N) is 1. The highest BCUT2D eigenvalue weighted by molar-refractivity contribution is 7.88.